The van der Waals surface area contributed by atoms with E-state index in [9.17, 15) is 0 Å². The minimum absolute atomic E-state index is 0.596. The van der Waals surface area contributed by atoms with E-state index in [1.807, 2.05) is 6.92 Å². The molecule has 0 aliphatic rings. The van der Waals surface area contributed by atoms with Crippen molar-refractivity contribution < 1.29 is 9.47 Å². The summed E-state index contributed by atoms with van der Waals surface area (Å²) in [6.07, 6.45) is 6.40. The van der Waals surface area contributed by atoms with Crippen LogP contribution in [-0.2, 0) is 0 Å². The second kappa shape index (κ2) is 10.1. The Morgan fingerprint density at radius 2 is 1.80 bits per heavy atom. The SMILES string of the molecule is CCCN(CCC)c1c(SC)nc2c(-c3c(OC)cc(C)cc3OCC)cccn12. The molecule has 162 valence electrons. The van der Waals surface area contributed by atoms with Crippen LogP contribution in [0.2, 0.25) is 0 Å². The summed E-state index contributed by atoms with van der Waals surface area (Å²) in [7, 11) is 1.71. The predicted molar refractivity (Wildman–Crippen MR) is 128 cm³/mol. The maximum atomic E-state index is 6.02. The van der Waals surface area contributed by atoms with Gasteiger partial charge in [0.1, 0.15) is 28.0 Å². The summed E-state index contributed by atoms with van der Waals surface area (Å²) in [4.78, 5) is 7.51. The van der Waals surface area contributed by atoms with Crippen LogP contribution in [0.4, 0.5) is 5.82 Å². The fraction of sp³-hybridized carbons (Fsp3) is 0.458. The van der Waals surface area contributed by atoms with Gasteiger partial charge in [-0.1, -0.05) is 13.8 Å². The van der Waals surface area contributed by atoms with Crippen molar-refractivity contribution in [3.8, 4) is 22.6 Å². The van der Waals surface area contributed by atoms with Gasteiger partial charge in [-0.2, -0.15) is 0 Å². The number of hydrogen-bond acceptors (Lipinski definition) is 5. The molecule has 2 aromatic heterocycles. The molecule has 0 fully saturated rings. The Morgan fingerprint density at radius 1 is 1.10 bits per heavy atom. The summed E-state index contributed by atoms with van der Waals surface area (Å²) >= 11 is 1.70. The summed E-state index contributed by atoms with van der Waals surface area (Å²) < 4.78 is 14.0. The first-order chi connectivity index (χ1) is 14.6. The number of rotatable bonds is 10. The summed E-state index contributed by atoms with van der Waals surface area (Å²) in [6.45, 7) is 11.1. The highest BCUT2D eigenvalue weighted by Gasteiger charge is 2.23. The second-order valence-electron chi connectivity index (χ2n) is 7.32. The van der Waals surface area contributed by atoms with Gasteiger partial charge in [0.05, 0.1) is 19.3 Å². The first-order valence-corrected chi connectivity index (χ1v) is 11.9. The fourth-order valence-corrected chi connectivity index (χ4v) is 4.52. The van der Waals surface area contributed by atoms with Crippen molar-refractivity contribution in [2.75, 3.05) is 38.0 Å². The van der Waals surface area contributed by atoms with Crippen LogP contribution < -0.4 is 14.4 Å². The summed E-state index contributed by atoms with van der Waals surface area (Å²) in [5, 5.41) is 1.05. The van der Waals surface area contributed by atoms with Gasteiger partial charge in [0.2, 0.25) is 0 Å². The number of nitrogens with zero attached hydrogens (tertiary/aromatic N) is 3. The number of imidazole rings is 1. The van der Waals surface area contributed by atoms with Crippen LogP contribution in [0.25, 0.3) is 16.8 Å². The molecule has 0 saturated heterocycles. The average Bonchev–Trinajstić information content (AvgIpc) is 3.12. The quantitative estimate of drug-likeness (QED) is 0.367. The zero-order chi connectivity index (χ0) is 21.7. The van der Waals surface area contributed by atoms with E-state index in [2.05, 4.69) is 66.8 Å². The topological polar surface area (TPSA) is 39.0 Å². The molecule has 0 amide bonds. The van der Waals surface area contributed by atoms with Crippen molar-refractivity contribution in [1.82, 2.24) is 9.38 Å². The molecule has 0 radical (unpaired) electrons. The molecule has 30 heavy (non-hydrogen) atoms. The molecular formula is C24H33N3O2S. The van der Waals surface area contributed by atoms with Crippen LogP contribution in [-0.4, -0.2) is 42.4 Å². The molecule has 0 aliphatic carbocycles. The van der Waals surface area contributed by atoms with E-state index >= 15 is 0 Å². The molecule has 0 bridgehead atoms. The van der Waals surface area contributed by atoms with Crippen molar-refractivity contribution in [3.05, 3.63) is 36.0 Å². The number of fused-ring (bicyclic) bond motifs is 1. The van der Waals surface area contributed by atoms with Gasteiger partial charge >= 0.3 is 0 Å². The first kappa shape index (κ1) is 22.3. The van der Waals surface area contributed by atoms with Crippen LogP contribution in [0.3, 0.4) is 0 Å². The molecule has 5 nitrogen and oxygen atoms in total. The second-order valence-corrected chi connectivity index (χ2v) is 8.12. The van der Waals surface area contributed by atoms with Crippen LogP contribution in [0.1, 0.15) is 39.2 Å². The van der Waals surface area contributed by atoms with Gasteiger partial charge in [-0.3, -0.25) is 4.40 Å². The third-order valence-corrected chi connectivity index (χ3v) is 5.73. The maximum absolute atomic E-state index is 6.02. The summed E-state index contributed by atoms with van der Waals surface area (Å²) in [6, 6.07) is 8.32. The lowest BCUT2D eigenvalue weighted by Crippen LogP contribution is -2.26. The third kappa shape index (κ3) is 4.24. The Morgan fingerprint density at radius 3 is 2.40 bits per heavy atom. The molecule has 0 aliphatic heterocycles. The highest BCUT2D eigenvalue weighted by atomic mass is 32.2. The number of anilines is 1. The van der Waals surface area contributed by atoms with Gasteiger partial charge in [-0.15, -0.1) is 11.8 Å². The van der Waals surface area contributed by atoms with Gasteiger partial charge in [0.25, 0.3) is 0 Å². The van der Waals surface area contributed by atoms with E-state index in [1.54, 1.807) is 18.9 Å². The van der Waals surface area contributed by atoms with E-state index in [-0.39, 0.29) is 0 Å². The zero-order valence-electron chi connectivity index (χ0n) is 19.0. The minimum atomic E-state index is 0.596. The molecule has 2 heterocycles. The molecular weight excluding hydrogens is 394 g/mol. The van der Waals surface area contributed by atoms with Crippen LogP contribution >= 0.6 is 11.8 Å². The van der Waals surface area contributed by atoms with Gasteiger partial charge in [0, 0.05) is 24.8 Å². The van der Waals surface area contributed by atoms with Crippen molar-refractivity contribution in [3.63, 3.8) is 0 Å². The van der Waals surface area contributed by atoms with Crippen molar-refractivity contribution in [2.24, 2.45) is 0 Å². The van der Waals surface area contributed by atoms with E-state index in [0.717, 1.165) is 64.8 Å². The molecule has 0 N–H and O–H groups in total. The standard InChI is InChI=1S/C24H33N3O2S/c1-7-12-26(13-8-2)24-23(30-6)25-22-18(11-10-14-27(22)24)21-19(28-5)15-17(4)16-20(21)29-9-3/h10-11,14-16H,7-9,12-13H2,1-6H3. The molecule has 1 aromatic carbocycles. The minimum Gasteiger partial charge on any atom is -0.496 e. The van der Waals surface area contributed by atoms with Gasteiger partial charge < -0.3 is 14.4 Å². The Bertz CT molecular complexity index is 994. The zero-order valence-corrected chi connectivity index (χ0v) is 19.8. The number of aromatic nitrogens is 2. The molecule has 0 unspecified atom stereocenters. The first-order valence-electron chi connectivity index (χ1n) is 10.7. The Kier molecular flexibility index (Phi) is 7.53. The van der Waals surface area contributed by atoms with Crippen LogP contribution in [0.15, 0.2) is 35.5 Å². The molecule has 0 spiro atoms. The fourth-order valence-electron chi connectivity index (χ4n) is 3.93. The Hall–Kier alpha value is -2.34. The smallest absolute Gasteiger partial charge is 0.147 e. The third-order valence-electron chi connectivity index (χ3n) is 5.07. The van der Waals surface area contributed by atoms with Crippen molar-refractivity contribution in [2.45, 2.75) is 45.6 Å². The van der Waals surface area contributed by atoms with Gasteiger partial charge in [0.15, 0.2) is 0 Å². The number of thioether (sulfide) groups is 1. The molecule has 0 atom stereocenters. The number of pyridine rings is 1. The van der Waals surface area contributed by atoms with Crippen LogP contribution in [0, 0.1) is 6.92 Å². The number of hydrogen-bond donors (Lipinski definition) is 0. The maximum Gasteiger partial charge on any atom is 0.147 e. The highest BCUT2D eigenvalue weighted by Crippen LogP contribution is 2.43. The number of methoxy groups -OCH3 is 1. The highest BCUT2D eigenvalue weighted by molar-refractivity contribution is 7.98. The number of ether oxygens (including phenoxy) is 2. The van der Waals surface area contributed by atoms with E-state index in [1.165, 1.54) is 5.82 Å². The van der Waals surface area contributed by atoms with E-state index in [4.69, 9.17) is 14.5 Å². The van der Waals surface area contributed by atoms with Crippen molar-refractivity contribution in [1.29, 1.82) is 0 Å². The largest absolute Gasteiger partial charge is 0.496 e. The molecule has 3 rings (SSSR count). The molecule has 0 saturated carbocycles. The average molecular weight is 428 g/mol. The summed E-state index contributed by atoms with van der Waals surface area (Å²) in [5.41, 5.74) is 4.01. The molecule has 6 heteroatoms. The van der Waals surface area contributed by atoms with E-state index < -0.39 is 0 Å². The van der Waals surface area contributed by atoms with Gasteiger partial charge in [-0.25, -0.2) is 4.98 Å². The number of benzene rings is 1. The van der Waals surface area contributed by atoms with Gasteiger partial charge in [-0.05, 0) is 62.8 Å². The van der Waals surface area contributed by atoms with Crippen LogP contribution in [0.5, 0.6) is 11.5 Å². The lowest BCUT2D eigenvalue weighted by Gasteiger charge is -2.24. The Labute approximate surface area is 184 Å². The normalized spacial score (nSPS) is 11.1. The van der Waals surface area contributed by atoms with E-state index in [0.29, 0.717) is 6.61 Å². The summed E-state index contributed by atoms with van der Waals surface area (Å²) in [5.74, 6) is 2.81. The predicted octanol–water partition coefficient (Wildman–Crippen LogP) is 6.07. The van der Waals surface area contributed by atoms with Crippen molar-refractivity contribution >= 4 is 23.2 Å². The molecule has 3 aromatic rings. The lowest BCUT2D eigenvalue weighted by molar-refractivity contribution is 0.338. The lowest BCUT2D eigenvalue weighted by atomic mass is 10.0. The Balaban J connectivity index is 2.30. The monoisotopic (exact) mass is 427 g/mol. The number of aryl methyl sites for hydroxylation is 1.